The molecule has 13 heavy (non-hydrogen) atoms. The number of anilines is 1. The SMILES string of the molecule is COCCn1ccc(N)cc1=O.Cl. The topological polar surface area (TPSA) is 57.2 Å². The Hall–Kier alpha value is -1.00. The number of nitrogen functional groups attached to an aromatic ring is 1. The van der Waals surface area contributed by atoms with E-state index in [9.17, 15) is 4.79 Å². The second-order valence-corrected chi connectivity index (χ2v) is 2.48. The predicted molar refractivity (Wildman–Crippen MR) is 54.2 cm³/mol. The summed E-state index contributed by atoms with van der Waals surface area (Å²) in [5.41, 5.74) is 5.82. The van der Waals surface area contributed by atoms with E-state index in [-0.39, 0.29) is 18.0 Å². The van der Waals surface area contributed by atoms with Crippen molar-refractivity contribution in [1.29, 1.82) is 0 Å². The number of aromatic nitrogens is 1. The van der Waals surface area contributed by atoms with E-state index in [1.54, 1.807) is 23.9 Å². The average molecular weight is 205 g/mol. The molecule has 0 aliphatic heterocycles. The van der Waals surface area contributed by atoms with Crippen molar-refractivity contribution in [3.8, 4) is 0 Å². The van der Waals surface area contributed by atoms with Gasteiger partial charge in [-0.05, 0) is 6.07 Å². The molecule has 0 fully saturated rings. The van der Waals surface area contributed by atoms with Gasteiger partial charge in [-0.1, -0.05) is 0 Å². The van der Waals surface area contributed by atoms with Gasteiger partial charge in [-0.15, -0.1) is 12.4 Å². The molecule has 2 N–H and O–H groups in total. The molecule has 0 saturated heterocycles. The number of hydrogen-bond donors (Lipinski definition) is 1. The van der Waals surface area contributed by atoms with Crippen LogP contribution in [0.5, 0.6) is 0 Å². The Bertz CT molecular complexity index is 311. The third-order valence-electron chi connectivity index (χ3n) is 1.56. The Kier molecular flexibility index (Phi) is 5.18. The van der Waals surface area contributed by atoms with Gasteiger partial charge in [-0.25, -0.2) is 0 Å². The van der Waals surface area contributed by atoms with Crippen LogP contribution in [0.4, 0.5) is 5.69 Å². The van der Waals surface area contributed by atoms with Crippen molar-refractivity contribution in [1.82, 2.24) is 4.57 Å². The number of rotatable bonds is 3. The van der Waals surface area contributed by atoms with Crippen molar-refractivity contribution in [3.63, 3.8) is 0 Å². The Morgan fingerprint density at radius 1 is 1.62 bits per heavy atom. The lowest BCUT2D eigenvalue weighted by Crippen LogP contribution is -2.20. The van der Waals surface area contributed by atoms with Crippen LogP contribution in [-0.4, -0.2) is 18.3 Å². The van der Waals surface area contributed by atoms with E-state index < -0.39 is 0 Å². The smallest absolute Gasteiger partial charge is 0.252 e. The summed E-state index contributed by atoms with van der Waals surface area (Å²) in [7, 11) is 1.60. The van der Waals surface area contributed by atoms with Crippen molar-refractivity contribution in [3.05, 3.63) is 28.7 Å². The summed E-state index contributed by atoms with van der Waals surface area (Å²) in [6, 6.07) is 3.09. The Balaban J connectivity index is 0.00000144. The molecule has 0 aromatic carbocycles. The molecule has 0 saturated carbocycles. The van der Waals surface area contributed by atoms with Crippen LogP contribution in [0.25, 0.3) is 0 Å². The van der Waals surface area contributed by atoms with Gasteiger partial charge in [-0.3, -0.25) is 4.79 Å². The van der Waals surface area contributed by atoms with Gasteiger partial charge in [0.05, 0.1) is 6.61 Å². The molecule has 1 heterocycles. The van der Waals surface area contributed by atoms with E-state index in [2.05, 4.69) is 0 Å². The monoisotopic (exact) mass is 204 g/mol. The summed E-state index contributed by atoms with van der Waals surface area (Å²) >= 11 is 0. The molecule has 0 radical (unpaired) electrons. The minimum Gasteiger partial charge on any atom is -0.399 e. The van der Waals surface area contributed by atoms with E-state index in [0.717, 1.165) is 0 Å². The molecule has 74 valence electrons. The fourth-order valence-corrected chi connectivity index (χ4v) is 0.897. The van der Waals surface area contributed by atoms with Crippen molar-refractivity contribution >= 4 is 18.1 Å². The lowest BCUT2D eigenvalue weighted by molar-refractivity contribution is 0.186. The molecule has 0 atom stereocenters. The van der Waals surface area contributed by atoms with Gasteiger partial charge in [0.25, 0.3) is 5.56 Å². The molecule has 0 bridgehead atoms. The highest BCUT2D eigenvalue weighted by Crippen LogP contribution is 1.93. The number of ether oxygens (including phenoxy) is 1. The highest BCUT2D eigenvalue weighted by molar-refractivity contribution is 5.85. The van der Waals surface area contributed by atoms with E-state index >= 15 is 0 Å². The van der Waals surface area contributed by atoms with Crippen LogP contribution in [-0.2, 0) is 11.3 Å². The number of nitrogens with zero attached hydrogens (tertiary/aromatic N) is 1. The van der Waals surface area contributed by atoms with Gasteiger partial charge >= 0.3 is 0 Å². The van der Waals surface area contributed by atoms with Gasteiger partial charge in [0, 0.05) is 31.6 Å². The summed E-state index contributed by atoms with van der Waals surface area (Å²) in [5, 5.41) is 0. The van der Waals surface area contributed by atoms with Crippen LogP contribution in [0.3, 0.4) is 0 Å². The van der Waals surface area contributed by atoms with Crippen molar-refractivity contribution in [2.75, 3.05) is 19.5 Å². The fraction of sp³-hybridized carbons (Fsp3) is 0.375. The number of hydrogen-bond acceptors (Lipinski definition) is 3. The maximum atomic E-state index is 11.2. The molecular weight excluding hydrogens is 192 g/mol. The van der Waals surface area contributed by atoms with E-state index in [1.807, 2.05) is 0 Å². The lowest BCUT2D eigenvalue weighted by atomic mass is 10.4. The van der Waals surface area contributed by atoms with Crippen LogP contribution in [0, 0.1) is 0 Å². The van der Waals surface area contributed by atoms with Gasteiger partial charge in [-0.2, -0.15) is 0 Å². The third-order valence-corrected chi connectivity index (χ3v) is 1.56. The zero-order chi connectivity index (χ0) is 8.97. The normalized spacial score (nSPS) is 9.31. The minimum atomic E-state index is -0.0907. The van der Waals surface area contributed by atoms with E-state index in [4.69, 9.17) is 10.5 Å². The van der Waals surface area contributed by atoms with Crippen LogP contribution >= 0.6 is 12.4 Å². The number of nitrogens with two attached hydrogens (primary N) is 1. The molecule has 4 nitrogen and oxygen atoms in total. The zero-order valence-electron chi connectivity index (χ0n) is 7.40. The Morgan fingerprint density at radius 3 is 2.85 bits per heavy atom. The van der Waals surface area contributed by atoms with E-state index in [1.165, 1.54) is 6.07 Å². The minimum absolute atomic E-state index is 0. The van der Waals surface area contributed by atoms with E-state index in [0.29, 0.717) is 18.8 Å². The first-order valence-corrected chi connectivity index (χ1v) is 3.69. The average Bonchev–Trinajstić information content (AvgIpc) is 2.03. The largest absolute Gasteiger partial charge is 0.399 e. The number of halogens is 1. The maximum Gasteiger partial charge on any atom is 0.252 e. The second-order valence-electron chi connectivity index (χ2n) is 2.48. The fourth-order valence-electron chi connectivity index (χ4n) is 0.897. The molecule has 0 aliphatic rings. The van der Waals surface area contributed by atoms with Crippen LogP contribution in [0.15, 0.2) is 23.1 Å². The lowest BCUT2D eigenvalue weighted by Gasteiger charge is -2.03. The summed E-state index contributed by atoms with van der Waals surface area (Å²) < 4.78 is 6.40. The van der Waals surface area contributed by atoms with Crippen molar-refractivity contribution in [2.45, 2.75) is 6.54 Å². The van der Waals surface area contributed by atoms with Crippen LogP contribution in [0.2, 0.25) is 0 Å². The Morgan fingerprint density at radius 2 is 2.31 bits per heavy atom. The summed E-state index contributed by atoms with van der Waals surface area (Å²) in [5.74, 6) is 0. The maximum absolute atomic E-state index is 11.2. The summed E-state index contributed by atoms with van der Waals surface area (Å²) in [6.45, 7) is 1.10. The molecule has 0 unspecified atom stereocenters. The van der Waals surface area contributed by atoms with Crippen molar-refractivity contribution < 1.29 is 4.74 Å². The summed E-state index contributed by atoms with van der Waals surface area (Å²) in [4.78, 5) is 11.2. The highest BCUT2D eigenvalue weighted by atomic mass is 35.5. The first-order chi connectivity index (χ1) is 5.74. The molecule has 0 amide bonds. The molecule has 1 rings (SSSR count). The highest BCUT2D eigenvalue weighted by Gasteiger charge is 1.94. The van der Waals surface area contributed by atoms with Crippen LogP contribution < -0.4 is 11.3 Å². The first-order valence-electron chi connectivity index (χ1n) is 3.69. The van der Waals surface area contributed by atoms with Gasteiger partial charge < -0.3 is 15.0 Å². The standard InChI is InChI=1S/C8H12N2O2.ClH/c1-12-5-4-10-3-2-7(9)6-8(10)11;/h2-3,6H,4-5,9H2,1H3;1H. The predicted octanol–water partition coefficient (Wildman–Crippen LogP) is 0.499. The molecule has 1 aromatic rings. The van der Waals surface area contributed by atoms with Crippen LogP contribution in [0.1, 0.15) is 0 Å². The molecular formula is C8H13ClN2O2. The quantitative estimate of drug-likeness (QED) is 0.780. The molecule has 0 aliphatic carbocycles. The molecule has 5 heteroatoms. The van der Waals surface area contributed by atoms with Gasteiger partial charge in [0.1, 0.15) is 0 Å². The zero-order valence-corrected chi connectivity index (χ0v) is 8.21. The second kappa shape index (κ2) is 5.61. The number of pyridine rings is 1. The van der Waals surface area contributed by atoms with Gasteiger partial charge in [0.15, 0.2) is 0 Å². The Labute approximate surface area is 82.7 Å². The van der Waals surface area contributed by atoms with Crippen molar-refractivity contribution in [2.24, 2.45) is 0 Å². The molecule has 0 spiro atoms. The molecule has 1 aromatic heterocycles. The number of methoxy groups -OCH3 is 1. The first kappa shape index (κ1) is 12.0. The third kappa shape index (κ3) is 3.48. The summed E-state index contributed by atoms with van der Waals surface area (Å²) in [6.07, 6.45) is 1.66. The van der Waals surface area contributed by atoms with Gasteiger partial charge in [0.2, 0.25) is 0 Å².